The lowest BCUT2D eigenvalue weighted by Crippen LogP contribution is -2.26. The number of rotatable bonds is 3. The zero-order valence-corrected chi connectivity index (χ0v) is 9.16. The first-order valence-corrected chi connectivity index (χ1v) is 5.23. The summed E-state index contributed by atoms with van der Waals surface area (Å²) in [4.78, 5) is 11.1. The molecule has 0 saturated heterocycles. The molecule has 2 rings (SSSR count). The molecule has 3 heteroatoms. The van der Waals surface area contributed by atoms with Gasteiger partial charge in [-0.1, -0.05) is 30.3 Å². The molecule has 0 aliphatic rings. The molecular formula is C13H14N2O. The number of anilines is 1. The molecule has 2 aromatic carbocycles. The van der Waals surface area contributed by atoms with E-state index in [1.54, 1.807) is 7.05 Å². The third-order valence-electron chi connectivity index (χ3n) is 2.48. The van der Waals surface area contributed by atoms with Gasteiger partial charge in [0.15, 0.2) is 0 Å². The van der Waals surface area contributed by atoms with Crippen LogP contribution in [0.1, 0.15) is 0 Å². The minimum atomic E-state index is -0.0202. The molecule has 0 radical (unpaired) electrons. The van der Waals surface area contributed by atoms with Gasteiger partial charge in [-0.2, -0.15) is 0 Å². The van der Waals surface area contributed by atoms with Crippen LogP contribution >= 0.6 is 0 Å². The Morgan fingerprint density at radius 1 is 1.12 bits per heavy atom. The molecule has 2 N–H and O–H groups in total. The van der Waals surface area contributed by atoms with E-state index in [2.05, 4.69) is 22.8 Å². The lowest BCUT2D eigenvalue weighted by atomic mass is 10.1. The smallest absolute Gasteiger partial charge is 0.239 e. The van der Waals surface area contributed by atoms with Crippen LogP contribution in [0.4, 0.5) is 5.69 Å². The van der Waals surface area contributed by atoms with E-state index in [-0.39, 0.29) is 5.91 Å². The molecule has 0 bridgehead atoms. The summed E-state index contributed by atoms with van der Waals surface area (Å²) in [6.07, 6.45) is 0. The molecule has 82 valence electrons. The average molecular weight is 214 g/mol. The highest BCUT2D eigenvalue weighted by atomic mass is 16.1. The van der Waals surface area contributed by atoms with Crippen molar-refractivity contribution in [1.82, 2.24) is 5.32 Å². The Morgan fingerprint density at radius 3 is 2.62 bits per heavy atom. The molecule has 1 amide bonds. The maximum atomic E-state index is 11.1. The predicted molar refractivity (Wildman–Crippen MR) is 66.5 cm³/mol. The summed E-state index contributed by atoms with van der Waals surface area (Å²) < 4.78 is 0. The summed E-state index contributed by atoms with van der Waals surface area (Å²) in [5, 5.41) is 8.02. The van der Waals surface area contributed by atoms with Crippen molar-refractivity contribution in [3.8, 4) is 0 Å². The van der Waals surface area contributed by atoms with Gasteiger partial charge in [-0.05, 0) is 22.9 Å². The second-order valence-corrected chi connectivity index (χ2v) is 3.59. The lowest BCUT2D eigenvalue weighted by molar-refractivity contribution is -0.118. The van der Waals surface area contributed by atoms with Gasteiger partial charge >= 0.3 is 0 Å². The van der Waals surface area contributed by atoms with Gasteiger partial charge in [-0.3, -0.25) is 4.79 Å². The second-order valence-electron chi connectivity index (χ2n) is 3.59. The van der Waals surface area contributed by atoms with E-state index in [9.17, 15) is 4.79 Å². The zero-order valence-electron chi connectivity index (χ0n) is 9.16. The number of likely N-dealkylation sites (N-methyl/N-ethyl adjacent to an activating group) is 1. The van der Waals surface area contributed by atoms with Crippen molar-refractivity contribution in [2.24, 2.45) is 0 Å². The maximum Gasteiger partial charge on any atom is 0.239 e. The Hall–Kier alpha value is -2.03. The fourth-order valence-corrected chi connectivity index (χ4v) is 1.57. The molecule has 0 aromatic heterocycles. The van der Waals surface area contributed by atoms with Gasteiger partial charge in [0.25, 0.3) is 0 Å². The van der Waals surface area contributed by atoms with Crippen molar-refractivity contribution < 1.29 is 4.79 Å². The van der Waals surface area contributed by atoms with Gasteiger partial charge in [0.05, 0.1) is 6.54 Å². The highest BCUT2D eigenvalue weighted by Gasteiger charge is 1.98. The van der Waals surface area contributed by atoms with Crippen LogP contribution in [0.5, 0.6) is 0 Å². The van der Waals surface area contributed by atoms with Crippen molar-refractivity contribution >= 4 is 22.4 Å². The molecule has 0 atom stereocenters. The van der Waals surface area contributed by atoms with Gasteiger partial charge in [-0.25, -0.2) is 0 Å². The van der Waals surface area contributed by atoms with Crippen LogP contribution in [0.2, 0.25) is 0 Å². The second kappa shape index (κ2) is 4.66. The molecular weight excluding hydrogens is 200 g/mol. The van der Waals surface area contributed by atoms with Crippen LogP contribution in [0.3, 0.4) is 0 Å². The van der Waals surface area contributed by atoms with Crippen molar-refractivity contribution in [3.05, 3.63) is 42.5 Å². The van der Waals surface area contributed by atoms with E-state index >= 15 is 0 Å². The summed E-state index contributed by atoms with van der Waals surface area (Å²) in [5.74, 6) is -0.0202. The molecule has 16 heavy (non-hydrogen) atoms. The topological polar surface area (TPSA) is 41.1 Å². The Morgan fingerprint density at radius 2 is 1.88 bits per heavy atom. The molecule has 0 aliphatic carbocycles. The SMILES string of the molecule is CNC(=O)CNc1ccc2ccccc2c1. The summed E-state index contributed by atoms with van der Waals surface area (Å²) >= 11 is 0. The average Bonchev–Trinajstić information content (AvgIpc) is 2.35. The molecule has 0 heterocycles. The van der Waals surface area contributed by atoms with Crippen molar-refractivity contribution in [2.45, 2.75) is 0 Å². The van der Waals surface area contributed by atoms with Gasteiger partial charge in [-0.15, -0.1) is 0 Å². The predicted octanol–water partition coefficient (Wildman–Crippen LogP) is 2.00. The summed E-state index contributed by atoms with van der Waals surface area (Å²) in [5.41, 5.74) is 0.960. The molecule has 0 saturated carbocycles. The minimum Gasteiger partial charge on any atom is -0.376 e. The van der Waals surface area contributed by atoms with E-state index < -0.39 is 0 Å². The molecule has 0 spiro atoms. The van der Waals surface area contributed by atoms with Crippen molar-refractivity contribution in [1.29, 1.82) is 0 Å². The van der Waals surface area contributed by atoms with E-state index in [1.165, 1.54) is 10.8 Å². The Bertz CT molecular complexity index is 508. The highest BCUT2D eigenvalue weighted by molar-refractivity contribution is 5.87. The van der Waals surface area contributed by atoms with E-state index in [4.69, 9.17) is 0 Å². The van der Waals surface area contributed by atoms with Crippen LogP contribution in [0.25, 0.3) is 10.8 Å². The van der Waals surface area contributed by atoms with Gasteiger partial charge in [0.1, 0.15) is 0 Å². The van der Waals surface area contributed by atoms with Crippen LogP contribution in [0, 0.1) is 0 Å². The monoisotopic (exact) mass is 214 g/mol. The third kappa shape index (κ3) is 2.31. The Balaban J connectivity index is 2.16. The number of carbonyl (C=O) groups excluding carboxylic acids is 1. The van der Waals surface area contributed by atoms with Gasteiger partial charge in [0, 0.05) is 12.7 Å². The summed E-state index contributed by atoms with van der Waals surface area (Å²) in [6.45, 7) is 0.300. The summed E-state index contributed by atoms with van der Waals surface area (Å²) in [7, 11) is 1.63. The first kappa shape index (κ1) is 10.5. The lowest BCUT2D eigenvalue weighted by Gasteiger charge is -2.06. The van der Waals surface area contributed by atoms with Gasteiger partial charge < -0.3 is 10.6 Å². The largest absolute Gasteiger partial charge is 0.376 e. The van der Waals surface area contributed by atoms with Crippen molar-refractivity contribution in [3.63, 3.8) is 0 Å². The van der Waals surface area contributed by atoms with Crippen LogP contribution in [-0.4, -0.2) is 19.5 Å². The molecule has 2 aromatic rings. The van der Waals surface area contributed by atoms with E-state index in [1.807, 2.05) is 30.3 Å². The van der Waals surface area contributed by atoms with Crippen LogP contribution in [-0.2, 0) is 4.79 Å². The van der Waals surface area contributed by atoms with Crippen molar-refractivity contribution in [2.75, 3.05) is 18.9 Å². The molecule has 0 aliphatic heterocycles. The summed E-state index contributed by atoms with van der Waals surface area (Å²) in [6, 6.07) is 14.2. The third-order valence-corrected chi connectivity index (χ3v) is 2.48. The minimum absolute atomic E-state index is 0.0202. The number of hydrogen-bond donors (Lipinski definition) is 2. The van der Waals surface area contributed by atoms with E-state index in [0.29, 0.717) is 6.54 Å². The number of benzene rings is 2. The fraction of sp³-hybridized carbons (Fsp3) is 0.154. The Kier molecular flexibility index (Phi) is 3.05. The molecule has 3 nitrogen and oxygen atoms in total. The number of carbonyl (C=O) groups is 1. The first-order chi connectivity index (χ1) is 7.79. The maximum absolute atomic E-state index is 11.1. The number of fused-ring (bicyclic) bond motifs is 1. The van der Waals surface area contributed by atoms with Gasteiger partial charge in [0.2, 0.25) is 5.91 Å². The number of hydrogen-bond acceptors (Lipinski definition) is 2. The standard InChI is InChI=1S/C13H14N2O/c1-14-13(16)9-15-12-7-6-10-4-2-3-5-11(10)8-12/h2-8,15H,9H2,1H3,(H,14,16). The Labute approximate surface area is 94.5 Å². The number of nitrogens with one attached hydrogen (secondary N) is 2. The van der Waals surface area contributed by atoms with Crippen LogP contribution in [0.15, 0.2) is 42.5 Å². The normalized spacial score (nSPS) is 10.1. The number of amides is 1. The van der Waals surface area contributed by atoms with Crippen LogP contribution < -0.4 is 10.6 Å². The highest BCUT2D eigenvalue weighted by Crippen LogP contribution is 2.18. The quantitative estimate of drug-likeness (QED) is 0.820. The van der Waals surface area contributed by atoms with E-state index in [0.717, 1.165) is 5.69 Å². The zero-order chi connectivity index (χ0) is 11.4. The fourth-order valence-electron chi connectivity index (χ4n) is 1.57. The first-order valence-electron chi connectivity index (χ1n) is 5.23. The molecule has 0 unspecified atom stereocenters. The molecule has 0 fully saturated rings.